The normalized spacial score (nSPS) is 29.9. The largest absolute Gasteiger partial charge is 0.460 e. The molecule has 0 aromatic heterocycles. The molecular weight excluding hydrogens is 263 g/mol. The molecule has 116 valence electrons. The smallest absolute Gasteiger partial charge is 0.343 e. The number of esters is 1. The molecule has 2 fully saturated rings. The Morgan fingerprint density at radius 2 is 2.00 bits per heavy atom. The summed E-state index contributed by atoms with van der Waals surface area (Å²) in [4.78, 5) is 12.0. The predicted molar refractivity (Wildman–Crippen MR) is 72.0 cm³/mol. The molecule has 1 aliphatic carbocycles. The summed E-state index contributed by atoms with van der Waals surface area (Å²) >= 11 is 0. The molecule has 0 amide bonds. The van der Waals surface area contributed by atoms with Crippen molar-refractivity contribution in [1.29, 1.82) is 0 Å². The van der Waals surface area contributed by atoms with Gasteiger partial charge in [0.05, 0.1) is 12.7 Å². The summed E-state index contributed by atoms with van der Waals surface area (Å²) in [5, 5.41) is 0. The van der Waals surface area contributed by atoms with Crippen LogP contribution in [0.4, 0.5) is 4.39 Å². The van der Waals surface area contributed by atoms with Gasteiger partial charge in [-0.15, -0.1) is 0 Å². The third kappa shape index (κ3) is 4.16. The van der Waals surface area contributed by atoms with E-state index in [0.717, 1.165) is 25.7 Å². The van der Waals surface area contributed by atoms with Gasteiger partial charge in [-0.1, -0.05) is 6.42 Å². The highest BCUT2D eigenvalue weighted by atomic mass is 19.1. The number of carbonyl (C=O) groups excluding carboxylic acids is 1. The monoisotopic (exact) mass is 288 g/mol. The van der Waals surface area contributed by atoms with Crippen LogP contribution in [0.2, 0.25) is 0 Å². The van der Waals surface area contributed by atoms with Gasteiger partial charge in [0.1, 0.15) is 6.10 Å². The van der Waals surface area contributed by atoms with Gasteiger partial charge in [-0.25, -0.2) is 9.18 Å². The number of rotatable bonds is 4. The molecule has 0 N–H and O–H groups in total. The van der Waals surface area contributed by atoms with Crippen LogP contribution in [-0.4, -0.2) is 36.2 Å². The van der Waals surface area contributed by atoms with E-state index in [1.165, 1.54) is 13.3 Å². The molecule has 0 aromatic rings. The molecule has 0 aromatic carbocycles. The zero-order valence-corrected chi connectivity index (χ0v) is 12.6. The van der Waals surface area contributed by atoms with Crippen LogP contribution >= 0.6 is 0 Å². The topological polar surface area (TPSA) is 44.8 Å². The highest BCUT2D eigenvalue weighted by molar-refractivity contribution is 5.79. The third-order valence-corrected chi connectivity index (χ3v) is 3.93. The second kappa shape index (κ2) is 5.98. The zero-order valence-electron chi connectivity index (χ0n) is 12.6. The second-order valence-electron chi connectivity index (χ2n) is 6.52. The molecule has 20 heavy (non-hydrogen) atoms. The number of hydrogen-bond acceptors (Lipinski definition) is 4. The SMILES string of the molecule is CC1(C)OCC(C[C@](C)(F)C(=O)OC2CCCCC2)O1. The number of hydrogen-bond donors (Lipinski definition) is 0. The molecule has 0 bridgehead atoms. The first-order chi connectivity index (χ1) is 9.28. The predicted octanol–water partition coefficient (Wildman–Crippen LogP) is 3.13. The average Bonchev–Trinajstić information content (AvgIpc) is 2.69. The van der Waals surface area contributed by atoms with E-state index in [1.807, 2.05) is 0 Å². The minimum absolute atomic E-state index is 0.0258. The van der Waals surface area contributed by atoms with Gasteiger partial charge in [0.25, 0.3) is 0 Å². The highest BCUT2D eigenvalue weighted by Crippen LogP contribution is 2.31. The maximum atomic E-state index is 14.5. The van der Waals surface area contributed by atoms with Crippen LogP contribution in [0.3, 0.4) is 0 Å². The van der Waals surface area contributed by atoms with Crippen LogP contribution in [0.1, 0.15) is 59.3 Å². The van der Waals surface area contributed by atoms with Crippen molar-refractivity contribution in [3.8, 4) is 0 Å². The molecule has 0 spiro atoms. The van der Waals surface area contributed by atoms with E-state index in [9.17, 15) is 9.18 Å². The van der Waals surface area contributed by atoms with Crippen LogP contribution < -0.4 is 0 Å². The first-order valence-electron chi connectivity index (χ1n) is 7.50. The van der Waals surface area contributed by atoms with E-state index < -0.39 is 23.5 Å². The number of carbonyl (C=O) groups is 1. The van der Waals surface area contributed by atoms with Gasteiger partial charge < -0.3 is 14.2 Å². The van der Waals surface area contributed by atoms with Crippen molar-refractivity contribution >= 4 is 5.97 Å². The Morgan fingerprint density at radius 1 is 1.35 bits per heavy atom. The summed E-state index contributed by atoms with van der Waals surface area (Å²) in [5.41, 5.74) is -2.02. The Balaban J connectivity index is 1.84. The Morgan fingerprint density at radius 3 is 2.55 bits per heavy atom. The van der Waals surface area contributed by atoms with E-state index in [-0.39, 0.29) is 12.5 Å². The van der Waals surface area contributed by atoms with Gasteiger partial charge in [-0.2, -0.15) is 0 Å². The lowest BCUT2D eigenvalue weighted by atomic mass is 9.97. The van der Waals surface area contributed by atoms with E-state index in [0.29, 0.717) is 6.61 Å². The molecule has 5 heteroatoms. The van der Waals surface area contributed by atoms with Crippen LogP contribution in [0, 0.1) is 0 Å². The average molecular weight is 288 g/mol. The van der Waals surface area contributed by atoms with Crippen LogP contribution in [0.5, 0.6) is 0 Å². The standard InChI is InChI=1S/C15H25FO4/c1-14(2)18-10-12(20-14)9-15(3,16)13(17)19-11-7-5-4-6-8-11/h11-12H,4-10H2,1-3H3/t12?,15-/m0/s1. The Kier molecular flexibility index (Phi) is 4.69. The van der Waals surface area contributed by atoms with E-state index in [1.54, 1.807) is 13.8 Å². The quantitative estimate of drug-likeness (QED) is 0.746. The molecule has 1 saturated heterocycles. The fourth-order valence-electron chi connectivity index (χ4n) is 2.83. The van der Waals surface area contributed by atoms with Crippen LogP contribution in [-0.2, 0) is 19.0 Å². The van der Waals surface area contributed by atoms with E-state index in [2.05, 4.69) is 0 Å². The third-order valence-electron chi connectivity index (χ3n) is 3.93. The van der Waals surface area contributed by atoms with Gasteiger partial charge >= 0.3 is 5.97 Å². The summed E-state index contributed by atoms with van der Waals surface area (Å²) in [7, 11) is 0. The van der Waals surface area contributed by atoms with Crippen molar-refractivity contribution in [2.24, 2.45) is 0 Å². The molecule has 0 radical (unpaired) electrons. The second-order valence-corrected chi connectivity index (χ2v) is 6.52. The molecule has 1 saturated carbocycles. The zero-order chi connectivity index (χ0) is 14.8. The fraction of sp³-hybridized carbons (Fsp3) is 0.933. The first-order valence-corrected chi connectivity index (χ1v) is 7.50. The van der Waals surface area contributed by atoms with Crippen molar-refractivity contribution < 1.29 is 23.4 Å². The molecule has 4 nitrogen and oxygen atoms in total. The lowest BCUT2D eigenvalue weighted by Gasteiger charge is -2.27. The van der Waals surface area contributed by atoms with Crippen molar-refractivity contribution in [2.75, 3.05) is 6.61 Å². The fourth-order valence-corrected chi connectivity index (χ4v) is 2.83. The minimum Gasteiger partial charge on any atom is -0.460 e. The van der Waals surface area contributed by atoms with Crippen LogP contribution in [0.25, 0.3) is 0 Å². The van der Waals surface area contributed by atoms with Crippen molar-refractivity contribution in [3.63, 3.8) is 0 Å². The van der Waals surface area contributed by atoms with E-state index >= 15 is 0 Å². The lowest BCUT2D eigenvalue weighted by Crippen LogP contribution is -2.39. The van der Waals surface area contributed by atoms with Gasteiger partial charge in [-0.3, -0.25) is 0 Å². The Hall–Kier alpha value is -0.680. The van der Waals surface area contributed by atoms with Gasteiger partial charge in [-0.05, 0) is 46.5 Å². The summed E-state index contributed by atoms with van der Waals surface area (Å²) < 4.78 is 30.8. The molecule has 2 aliphatic rings. The van der Waals surface area contributed by atoms with E-state index in [4.69, 9.17) is 14.2 Å². The van der Waals surface area contributed by atoms with Crippen molar-refractivity contribution in [1.82, 2.24) is 0 Å². The molecule has 2 rings (SSSR count). The molecule has 1 heterocycles. The summed E-state index contributed by atoms with van der Waals surface area (Å²) in [6.07, 6.45) is 4.41. The maximum absolute atomic E-state index is 14.5. The summed E-state index contributed by atoms with van der Waals surface area (Å²) in [6, 6.07) is 0. The van der Waals surface area contributed by atoms with Gasteiger partial charge in [0, 0.05) is 6.42 Å². The number of ether oxygens (including phenoxy) is 3. The van der Waals surface area contributed by atoms with Gasteiger partial charge in [0.15, 0.2) is 5.79 Å². The molecule has 1 aliphatic heterocycles. The van der Waals surface area contributed by atoms with Gasteiger partial charge in [0.2, 0.25) is 5.67 Å². The molecule has 2 atom stereocenters. The first kappa shape index (κ1) is 15.7. The molecular formula is C15H25FO4. The van der Waals surface area contributed by atoms with Crippen LogP contribution in [0.15, 0.2) is 0 Å². The summed E-state index contributed by atoms with van der Waals surface area (Å²) in [6.45, 7) is 5.14. The number of alkyl halides is 1. The minimum atomic E-state index is -2.02. The van der Waals surface area contributed by atoms with Crippen molar-refractivity contribution in [2.45, 2.75) is 83.0 Å². The Labute approximate surface area is 120 Å². The summed E-state index contributed by atoms with van der Waals surface area (Å²) in [5.74, 6) is -1.47. The Bertz CT molecular complexity index is 348. The lowest BCUT2D eigenvalue weighted by molar-refractivity contribution is -0.169. The van der Waals surface area contributed by atoms with Crippen molar-refractivity contribution in [3.05, 3.63) is 0 Å². The highest BCUT2D eigenvalue weighted by Gasteiger charge is 2.43. The maximum Gasteiger partial charge on any atom is 0.343 e. The molecule has 1 unspecified atom stereocenters. The number of halogens is 1.